The lowest BCUT2D eigenvalue weighted by Crippen LogP contribution is -2.15. The number of ether oxygens (including phenoxy) is 3. The summed E-state index contributed by atoms with van der Waals surface area (Å²) in [7, 11) is 4.88. The molecule has 7 heteroatoms. The standard InChI is InChI=1S/C14H21BrN2O3S/c1-9(7-18-2)17-14(16)21-8-10-5-12(19-3)13(20-4)6-11(10)15/h5-6,9H,7-8H2,1-4H3,(H2,16,17)/t9-/m1/s1. The highest BCUT2D eigenvalue weighted by Gasteiger charge is 2.10. The number of nitrogens with two attached hydrogens (primary N) is 1. The summed E-state index contributed by atoms with van der Waals surface area (Å²) in [5.41, 5.74) is 6.98. The SMILES string of the molecule is COC[C@@H](C)N=C(N)SCc1cc(OC)c(OC)cc1Br. The molecule has 0 saturated heterocycles. The van der Waals surface area contributed by atoms with E-state index in [-0.39, 0.29) is 6.04 Å². The van der Waals surface area contributed by atoms with Gasteiger partial charge in [0.15, 0.2) is 16.7 Å². The summed E-state index contributed by atoms with van der Waals surface area (Å²) in [6.07, 6.45) is 0. The van der Waals surface area contributed by atoms with Crippen molar-refractivity contribution in [3.8, 4) is 11.5 Å². The molecule has 0 aliphatic rings. The van der Waals surface area contributed by atoms with Crippen molar-refractivity contribution in [1.82, 2.24) is 0 Å². The lowest BCUT2D eigenvalue weighted by Gasteiger charge is -2.12. The van der Waals surface area contributed by atoms with Crippen LogP contribution >= 0.6 is 27.7 Å². The number of thioether (sulfide) groups is 1. The van der Waals surface area contributed by atoms with Crippen molar-refractivity contribution < 1.29 is 14.2 Å². The number of hydrogen-bond acceptors (Lipinski definition) is 5. The van der Waals surface area contributed by atoms with Crippen molar-refractivity contribution in [3.05, 3.63) is 22.2 Å². The van der Waals surface area contributed by atoms with Crippen molar-refractivity contribution >= 4 is 32.9 Å². The lowest BCUT2D eigenvalue weighted by molar-refractivity contribution is 0.186. The van der Waals surface area contributed by atoms with Gasteiger partial charge in [-0.1, -0.05) is 27.7 Å². The van der Waals surface area contributed by atoms with E-state index < -0.39 is 0 Å². The first-order valence-electron chi connectivity index (χ1n) is 6.37. The zero-order chi connectivity index (χ0) is 15.8. The van der Waals surface area contributed by atoms with E-state index in [0.717, 1.165) is 10.0 Å². The second-order valence-electron chi connectivity index (χ2n) is 4.36. The minimum Gasteiger partial charge on any atom is -0.493 e. The van der Waals surface area contributed by atoms with E-state index >= 15 is 0 Å². The molecule has 5 nitrogen and oxygen atoms in total. The van der Waals surface area contributed by atoms with Gasteiger partial charge in [0.1, 0.15) is 0 Å². The molecule has 0 aromatic heterocycles. The molecule has 0 saturated carbocycles. The fourth-order valence-corrected chi connectivity index (χ4v) is 3.14. The molecule has 1 atom stereocenters. The number of hydrogen-bond donors (Lipinski definition) is 1. The third-order valence-electron chi connectivity index (χ3n) is 2.68. The van der Waals surface area contributed by atoms with Gasteiger partial charge in [-0.3, -0.25) is 4.99 Å². The Bertz CT molecular complexity index is 497. The van der Waals surface area contributed by atoms with E-state index in [1.54, 1.807) is 21.3 Å². The van der Waals surface area contributed by atoms with Crippen LogP contribution in [0.15, 0.2) is 21.6 Å². The van der Waals surface area contributed by atoms with Crippen molar-refractivity contribution in [2.24, 2.45) is 10.7 Å². The molecule has 0 amide bonds. The first-order valence-corrected chi connectivity index (χ1v) is 8.15. The van der Waals surface area contributed by atoms with Crippen molar-refractivity contribution in [1.29, 1.82) is 0 Å². The van der Waals surface area contributed by atoms with E-state index in [9.17, 15) is 0 Å². The minimum atomic E-state index is 0.0522. The van der Waals surface area contributed by atoms with Gasteiger partial charge in [-0.05, 0) is 24.6 Å². The summed E-state index contributed by atoms with van der Waals surface area (Å²) < 4.78 is 16.5. The third-order valence-corrected chi connectivity index (χ3v) is 4.28. The predicted octanol–water partition coefficient (Wildman–Crippen LogP) is 3.05. The van der Waals surface area contributed by atoms with Gasteiger partial charge in [0.05, 0.1) is 26.9 Å². The molecule has 0 fully saturated rings. The second kappa shape index (κ2) is 9.17. The summed E-state index contributed by atoms with van der Waals surface area (Å²) in [5.74, 6) is 2.07. The number of methoxy groups -OCH3 is 3. The highest BCUT2D eigenvalue weighted by molar-refractivity contribution is 9.10. The van der Waals surface area contributed by atoms with Crippen LogP contribution < -0.4 is 15.2 Å². The number of benzene rings is 1. The molecule has 0 bridgehead atoms. The fraction of sp³-hybridized carbons (Fsp3) is 0.500. The summed E-state index contributed by atoms with van der Waals surface area (Å²) in [4.78, 5) is 4.35. The Hall–Kier alpha value is -0.920. The molecule has 118 valence electrons. The lowest BCUT2D eigenvalue weighted by atomic mass is 10.2. The smallest absolute Gasteiger partial charge is 0.161 e. The highest BCUT2D eigenvalue weighted by Crippen LogP contribution is 2.34. The Morgan fingerprint density at radius 2 is 1.90 bits per heavy atom. The zero-order valence-electron chi connectivity index (χ0n) is 12.7. The molecule has 0 aliphatic carbocycles. The maximum Gasteiger partial charge on any atom is 0.161 e. The Labute approximate surface area is 138 Å². The van der Waals surface area contributed by atoms with Crippen molar-refractivity contribution in [2.45, 2.75) is 18.7 Å². The van der Waals surface area contributed by atoms with Gasteiger partial charge in [0, 0.05) is 17.3 Å². The van der Waals surface area contributed by atoms with Crippen molar-refractivity contribution in [2.75, 3.05) is 27.9 Å². The van der Waals surface area contributed by atoms with Crippen LogP contribution in [0.2, 0.25) is 0 Å². The molecular weight excluding hydrogens is 356 g/mol. The first-order chi connectivity index (χ1) is 10.0. The average molecular weight is 377 g/mol. The highest BCUT2D eigenvalue weighted by atomic mass is 79.9. The second-order valence-corrected chi connectivity index (χ2v) is 6.21. The Kier molecular flexibility index (Phi) is 7.92. The zero-order valence-corrected chi connectivity index (χ0v) is 15.1. The van der Waals surface area contributed by atoms with Gasteiger partial charge >= 0.3 is 0 Å². The Morgan fingerprint density at radius 3 is 2.48 bits per heavy atom. The Morgan fingerprint density at radius 1 is 1.29 bits per heavy atom. The van der Waals surface area contributed by atoms with Crippen LogP contribution in [0.4, 0.5) is 0 Å². The molecular formula is C14H21BrN2O3S. The number of rotatable bonds is 7. The van der Waals surface area contributed by atoms with Crippen LogP contribution in [0.25, 0.3) is 0 Å². The van der Waals surface area contributed by atoms with E-state index in [2.05, 4.69) is 20.9 Å². The van der Waals surface area contributed by atoms with E-state index in [4.69, 9.17) is 19.9 Å². The summed E-state index contributed by atoms with van der Waals surface area (Å²) in [5, 5.41) is 0.543. The molecule has 0 spiro atoms. The predicted molar refractivity (Wildman–Crippen MR) is 91.5 cm³/mol. The van der Waals surface area contributed by atoms with Gasteiger partial charge in [0.2, 0.25) is 0 Å². The van der Waals surface area contributed by atoms with Gasteiger partial charge < -0.3 is 19.9 Å². The fourth-order valence-electron chi connectivity index (χ4n) is 1.69. The molecule has 0 aliphatic heterocycles. The van der Waals surface area contributed by atoms with Crippen LogP contribution in [0.3, 0.4) is 0 Å². The van der Waals surface area contributed by atoms with E-state index in [1.807, 2.05) is 19.1 Å². The molecule has 1 rings (SSSR count). The normalized spacial score (nSPS) is 13.1. The summed E-state index contributed by atoms with van der Waals surface area (Å²) >= 11 is 5.00. The van der Waals surface area contributed by atoms with Crippen LogP contribution in [0.1, 0.15) is 12.5 Å². The third kappa shape index (κ3) is 5.76. The molecule has 1 aromatic rings. The largest absolute Gasteiger partial charge is 0.493 e. The van der Waals surface area contributed by atoms with E-state index in [1.165, 1.54) is 11.8 Å². The molecule has 0 unspecified atom stereocenters. The minimum absolute atomic E-state index is 0.0522. The van der Waals surface area contributed by atoms with Gasteiger partial charge in [-0.25, -0.2) is 0 Å². The molecule has 0 heterocycles. The number of nitrogens with zero attached hydrogens (tertiary/aromatic N) is 1. The van der Waals surface area contributed by atoms with Gasteiger partial charge in [0.25, 0.3) is 0 Å². The molecule has 1 aromatic carbocycles. The monoisotopic (exact) mass is 376 g/mol. The number of halogens is 1. The van der Waals surface area contributed by atoms with Crippen molar-refractivity contribution in [3.63, 3.8) is 0 Å². The van der Waals surface area contributed by atoms with Gasteiger partial charge in [-0.2, -0.15) is 0 Å². The van der Waals surface area contributed by atoms with Crippen LogP contribution in [0.5, 0.6) is 11.5 Å². The molecule has 0 radical (unpaired) electrons. The number of aliphatic imine (C=N–C) groups is 1. The van der Waals surface area contributed by atoms with Crippen LogP contribution in [0, 0.1) is 0 Å². The van der Waals surface area contributed by atoms with E-state index in [0.29, 0.717) is 29.0 Å². The maximum absolute atomic E-state index is 5.92. The first kappa shape index (κ1) is 18.1. The maximum atomic E-state index is 5.92. The molecule has 2 N–H and O–H groups in total. The molecule has 21 heavy (non-hydrogen) atoms. The number of amidine groups is 1. The van der Waals surface area contributed by atoms with Gasteiger partial charge in [-0.15, -0.1) is 0 Å². The Balaban J connectivity index is 2.75. The summed E-state index contributed by atoms with van der Waals surface area (Å²) in [6, 6.07) is 3.87. The summed E-state index contributed by atoms with van der Waals surface area (Å²) in [6.45, 7) is 2.52. The average Bonchev–Trinajstić information content (AvgIpc) is 2.45. The topological polar surface area (TPSA) is 66.1 Å². The quantitative estimate of drug-likeness (QED) is 0.585. The van der Waals surface area contributed by atoms with Crippen LogP contribution in [-0.2, 0) is 10.5 Å². The van der Waals surface area contributed by atoms with Crippen LogP contribution in [-0.4, -0.2) is 39.1 Å².